The Morgan fingerprint density at radius 2 is 2.17 bits per heavy atom. The summed E-state index contributed by atoms with van der Waals surface area (Å²) >= 11 is 0. The third kappa shape index (κ3) is 2.71. The van der Waals surface area contributed by atoms with Crippen LogP contribution >= 0.6 is 0 Å². The highest BCUT2D eigenvalue weighted by Gasteiger charge is 2.15. The van der Waals surface area contributed by atoms with E-state index in [4.69, 9.17) is 10.2 Å². The van der Waals surface area contributed by atoms with Gasteiger partial charge < -0.3 is 15.1 Å². The molecule has 1 unspecified atom stereocenters. The van der Waals surface area contributed by atoms with Crippen molar-refractivity contribution in [2.45, 2.75) is 25.8 Å². The number of nitrogens with zero attached hydrogens (tertiary/aromatic N) is 2. The number of oxazole rings is 1. The molecular formula is C14H21N3O. The number of benzene rings is 1. The van der Waals surface area contributed by atoms with Crippen LogP contribution in [0.25, 0.3) is 11.1 Å². The lowest BCUT2D eigenvalue weighted by Crippen LogP contribution is -2.20. The maximum absolute atomic E-state index is 5.60. The summed E-state index contributed by atoms with van der Waals surface area (Å²) in [6.07, 6.45) is 2.08. The largest absolute Gasteiger partial charge is 0.441 e. The van der Waals surface area contributed by atoms with E-state index in [0.29, 0.717) is 11.9 Å². The zero-order valence-electron chi connectivity index (χ0n) is 11.3. The molecule has 1 heterocycles. The van der Waals surface area contributed by atoms with Gasteiger partial charge in [0, 0.05) is 13.0 Å². The molecule has 18 heavy (non-hydrogen) atoms. The van der Waals surface area contributed by atoms with Gasteiger partial charge in [0.05, 0.1) is 0 Å². The number of rotatable bonds is 5. The van der Waals surface area contributed by atoms with Gasteiger partial charge in [0.1, 0.15) is 5.52 Å². The number of aromatic nitrogens is 1. The number of aryl methyl sites for hydroxylation is 1. The van der Waals surface area contributed by atoms with Gasteiger partial charge in [-0.25, -0.2) is 4.98 Å². The normalized spacial score (nSPS) is 13.4. The Morgan fingerprint density at radius 1 is 1.39 bits per heavy atom. The van der Waals surface area contributed by atoms with Gasteiger partial charge >= 0.3 is 0 Å². The van der Waals surface area contributed by atoms with Gasteiger partial charge in [-0.15, -0.1) is 0 Å². The van der Waals surface area contributed by atoms with Gasteiger partial charge in [0.15, 0.2) is 11.5 Å². The summed E-state index contributed by atoms with van der Waals surface area (Å²) in [6.45, 7) is 2.60. The van der Waals surface area contributed by atoms with Crippen LogP contribution in [0, 0.1) is 6.92 Å². The third-order valence-corrected chi connectivity index (χ3v) is 3.21. The average Bonchev–Trinajstić information content (AvgIpc) is 2.68. The van der Waals surface area contributed by atoms with Crippen molar-refractivity contribution in [3.05, 3.63) is 29.7 Å². The molecule has 0 aliphatic rings. The summed E-state index contributed by atoms with van der Waals surface area (Å²) in [5, 5.41) is 0. The van der Waals surface area contributed by atoms with Crippen LogP contribution in [0.1, 0.15) is 30.3 Å². The van der Waals surface area contributed by atoms with Gasteiger partial charge in [-0.3, -0.25) is 0 Å². The molecule has 0 radical (unpaired) electrons. The van der Waals surface area contributed by atoms with E-state index >= 15 is 0 Å². The van der Waals surface area contributed by atoms with Gasteiger partial charge in [-0.1, -0.05) is 6.07 Å². The van der Waals surface area contributed by atoms with E-state index in [1.165, 1.54) is 5.56 Å². The predicted molar refractivity (Wildman–Crippen MR) is 73.5 cm³/mol. The summed E-state index contributed by atoms with van der Waals surface area (Å²) < 4.78 is 5.59. The highest BCUT2D eigenvalue weighted by atomic mass is 16.3. The fourth-order valence-corrected chi connectivity index (χ4v) is 2.30. The van der Waals surface area contributed by atoms with E-state index in [2.05, 4.69) is 36.1 Å². The van der Waals surface area contributed by atoms with Gasteiger partial charge in [-0.2, -0.15) is 0 Å². The van der Waals surface area contributed by atoms with Crippen LogP contribution in [0.2, 0.25) is 0 Å². The van der Waals surface area contributed by atoms with Crippen molar-refractivity contribution in [1.29, 1.82) is 0 Å². The van der Waals surface area contributed by atoms with Crippen molar-refractivity contribution in [3.8, 4) is 0 Å². The number of fused-ring (bicyclic) bond motifs is 1. The van der Waals surface area contributed by atoms with Crippen molar-refractivity contribution < 1.29 is 4.42 Å². The minimum atomic E-state index is 0.378. The van der Waals surface area contributed by atoms with E-state index in [1.54, 1.807) is 0 Å². The zero-order valence-corrected chi connectivity index (χ0v) is 11.3. The molecule has 1 atom stereocenters. The first kappa shape index (κ1) is 13.1. The third-order valence-electron chi connectivity index (χ3n) is 3.21. The second-order valence-corrected chi connectivity index (χ2v) is 4.87. The maximum atomic E-state index is 5.60. The minimum Gasteiger partial charge on any atom is -0.441 e. The first-order valence-corrected chi connectivity index (χ1v) is 6.35. The van der Waals surface area contributed by atoms with Crippen molar-refractivity contribution in [2.24, 2.45) is 5.73 Å². The van der Waals surface area contributed by atoms with Crippen LogP contribution < -0.4 is 5.73 Å². The minimum absolute atomic E-state index is 0.378. The second-order valence-electron chi connectivity index (χ2n) is 4.87. The van der Waals surface area contributed by atoms with Crippen molar-refractivity contribution in [3.63, 3.8) is 0 Å². The Bertz CT molecular complexity index is 519. The average molecular weight is 247 g/mol. The molecule has 98 valence electrons. The fraction of sp³-hybridized carbons (Fsp3) is 0.500. The van der Waals surface area contributed by atoms with Crippen molar-refractivity contribution >= 4 is 11.1 Å². The molecule has 2 aromatic rings. The summed E-state index contributed by atoms with van der Waals surface area (Å²) in [4.78, 5) is 6.54. The van der Waals surface area contributed by atoms with Crippen LogP contribution in [0.5, 0.6) is 0 Å². The maximum Gasteiger partial charge on any atom is 0.192 e. The fourth-order valence-electron chi connectivity index (χ4n) is 2.30. The van der Waals surface area contributed by atoms with Crippen molar-refractivity contribution in [2.75, 3.05) is 20.6 Å². The highest BCUT2D eigenvalue weighted by molar-refractivity contribution is 5.73. The van der Waals surface area contributed by atoms with E-state index in [1.807, 2.05) is 13.0 Å². The first-order valence-electron chi connectivity index (χ1n) is 6.35. The number of hydrogen-bond donors (Lipinski definition) is 1. The smallest absolute Gasteiger partial charge is 0.192 e. The Kier molecular flexibility index (Phi) is 3.99. The molecule has 1 aromatic carbocycles. The molecule has 0 aliphatic heterocycles. The van der Waals surface area contributed by atoms with Crippen LogP contribution in [0.15, 0.2) is 22.6 Å². The Balaban J connectivity index is 2.31. The lowest BCUT2D eigenvalue weighted by Gasteiger charge is -2.24. The number of hydrogen-bond acceptors (Lipinski definition) is 4. The molecule has 0 spiro atoms. The monoisotopic (exact) mass is 247 g/mol. The summed E-state index contributed by atoms with van der Waals surface area (Å²) in [6, 6.07) is 6.63. The summed E-state index contributed by atoms with van der Waals surface area (Å²) in [7, 11) is 4.19. The molecule has 0 bridgehead atoms. The second kappa shape index (κ2) is 5.50. The molecule has 0 saturated heterocycles. The Labute approximate surface area is 108 Å². The van der Waals surface area contributed by atoms with E-state index in [9.17, 15) is 0 Å². The Hall–Kier alpha value is -1.39. The molecule has 2 N–H and O–H groups in total. The lowest BCUT2D eigenvalue weighted by atomic mass is 10.0. The first-order chi connectivity index (χ1) is 8.61. The highest BCUT2D eigenvalue weighted by Crippen LogP contribution is 2.26. The quantitative estimate of drug-likeness (QED) is 0.882. The van der Waals surface area contributed by atoms with Crippen LogP contribution in [-0.2, 0) is 0 Å². The molecule has 4 nitrogen and oxygen atoms in total. The molecule has 0 fully saturated rings. The topological polar surface area (TPSA) is 55.3 Å². The van der Waals surface area contributed by atoms with Gasteiger partial charge in [-0.05, 0) is 51.2 Å². The molecule has 0 saturated carbocycles. The van der Waals surface area contributed by atoms with Gasteiger partial charge in [0.2, 0.25) is 0 Å². The molecule has 2 rings (SSSR count). The molecular weight excluding hydrogens is 226 g/mol. The SMILES string of the molecule is Cc1nc2ccc(C(CCCN)N(C)C)cc2o1. The van der Waals surface area contributed by atoms with Crippen LogP contribution in [0.4, 0.5) is 0 Å². The zero-order chi connectivity index (χ0) is 13.1. The predicted octanol–water partition coefficient (Wildman–Crippen LogP) is 2.48. The van der Waals surface area contributed by atoms with Crippen LogP contribution in [-0.4, -0.2) is 30.5 Å². The molecule has 0 amide bonds. The molecule has 1 aromatic heterocycles. The number of nitrogens with two attached hydrogens (primary N) is 1. The standard InChI is InChI=1S/C14H21N3O/c1-10-16-12-7-6-11(9-14(12)18-10)13(17(2)3)5-4-8-15/h6-7,9,13H,4-5,8,15H2,1-3H3. The summed E-state index contributed by atoms with van der Waals surface area (Å²) in [5.74, 6) is 0.713. The molecule has 0 aliphatic carbocycles. The van der Waals surface area contributed by atoms with E-state index < -0.39 is 0 Å². The molecule has 4 heteroatoms. The van der Waals surface area contributed by atoms with Crippen LogP contribution in [0.3, 0.4) is 0 Å². The van der Waals surface area contributed by atoms with E-state index in [0.717, 1.165) is 30.5 Å². The van der Waals surface area contributed by atoms with E-state index in [-0.39, 0.29) is 0 Å². The summed E-state index contributed by atoms with van der Waals surface area (Å²) in [5.41, 5.74) is 8.65. The van der Waals surface area contributed by atoms with Gasteiger partial charge in [0.25, 0.3) is 0 Å². The van der Waals surface area contributed by atoms with Crippen molar-refractivity contribution in [1.82, 2.24) is 9.88 Å². The Morgan fingerprint density at radius 3 is 2.83 bits per heavy atom. The lowest BCUT2D eigenvalue weighted by molar-refractivity contribution is 0.280.